The maximum absolute atomic E-state index is 6.85. The van der Waals surface area contributed by atoms with Crippen molar-refractivity contribution in [1.29, 1.82) is 0 Å². The molecule has 0 fully saturated rings. The number of rotatable bonds is 8. The van der Waals surface area contributed by atoms with Crippen LogP contribution in [0, 0.1) is 0 Å². The first kappa shape index (κ1) is 36.1. The van der Waals surface area contributed by atoms with E-state index < -0.39 is 0 Å². The monoisotopic (exact) mass is 790 g/mol. The van der Waals surface area contributed by atoms with Crippen molar-refractivity contribution in [2.45, 2.75) is 24.2 Å². The van der Waals surface area contributed by atoms with Gasteiger partial charge >= 0.3 is 0 Å². The fourth-order valence-corrected chi connectivity index (χ4v) is 10.4. The SMILES string of the molecule is CSc1c(-c2ccccc2)cccc1N(c1ccccc1)c1cc2c(c(N(c3ccccc3)c3cccc4c3oc3ccccc34)c1)C(C)(C)c1ccc3ccccc3c1-2. The standard InChI is InChI=1S/C56H42N2OS/c1-56(2)47-34-33-38-21-13-14-26-42(38)52(47)46-35-41(57(39-22-9-5-10-23-39)49-31-17-28-43(55(49)60-3)37-19-7-4-8-20-37)36-50(53(46)56)58(40-24-11-6-12-25-40)48-30-18-29-45-44-27-15-16-32-51(44)59-54(45)48/h4-36H,1-3H3. The van der Waals surface area contributed by atoms with Crippen LogP contribution in [0.2, 0.25) is 0 Å². The highest BCUT2D eigenvalue weighted by molar-refractivity contribution is 7.98. The molecule has 0 bridgehead atoms. The molecule has 9 aromatic carbocycles. The van der Waals surface area contributed by atoms with Crippen molar-refractivity contribution in [3.8, 4) is 22.3 Å². The summed E-state index contributed by atoms with van der Waals surface area (Å²) >= 11 is 1.79. The molecule has 60 heavy (non-hydrogen) atoms. The van der Waals surface area contributed by atoms with Gasteiger partial charge in [0.15, 0.2) is 5.58 Å². The Morgan fingerprint density at radius 1 is 0.467 bits per heavy atom. The third-order valence-corrected chi connectivity index (χ3v) is 13.1. The van der Waals surface area contributed by atoms with Crippen molar-refractivity contribution in [2.75, 3.05) is 16.1 Å². The van der Waals surface area contributed by atoms with Crippen molar-refractivity contribution in [1.82, 2.24) is 0 Å². The summed E-state index contributed by atoms with van der Waals surface area (Å²) in [7, 11) is 0. The van der Waals surface area contributed by atoms with E-state index in [4.69, 9.17) is 4.42 Å². The molecule has 0 saturated heterocycles. The largest absolute Gasteiger partial charge is 0.454 e. The lowest BCUT2D eigenvalue weighted by Crippen LogP contribution is -2.21. The van der Waals surface area contributed by atoms with Crippen molar-refractivity contribution >= 4 is 78.6 Å². The minimum absolute atomic E-state index is 0.341. The van der Waals surface area contributed by atoms with Gasteiger partial charge in [-0.05, 0) is 105 Å². The van der Waals surface area contributed by atoms with Crippen LogP contribution in [0.15, 0.2) is 210 Å². The molecule has 0 aliphatic heterocycles. The second-order valence-corrected chi connectivity index (χ2v) is 16.9. The van der Waals surface area contributed by atoms with Gasteiger partial charge in [0, 0.05) is 38.1 Å². The molecule has 4 heteroatoms. The quantitative estimate of drug-likeness (QED) is 0.143. The predicted octanol–water partition coefficient (Wildman–Crippen LogP) is 16.4. The Kier molecular flexibility index (Phi) is 8.65. The first-order valence-electron chi connectivity index (χ1n) is 20.6. The molecular weight excluding hydrogens is 749 g/mol. The van der Waals surface area contributed by atoms with E-state index in [-0.39, 0.29) is 5.41 Å². The van der Waals surface area contributed by atoms with Crippen molar-refractivity contribution in [2.24, 2.45) is 0 Å². The van der Waals surface area contributed by atoms with E-state index in [1.54, 1.807) is 11.8 Å². The summed E-state index contributed by atoms with van der Waals surface area (Å²) < 4.78 is 6.85. The lowest BCUT2D eigenvalue weighted by molar-refractivity contribution is 0.659. The summed E-state index contributed by atoms with van der Waals surface area (Å²) in [5.74, 6) is 0. The van der Waals surface area contributed by atoms with E-state index in [1.165, 1.54) is 49.0 Å². The zero-order valence-corrected chi connectivity index (χ0v) is 34.6. The van der Waals surface area contributed by atoms with Crippen LogP contribution in [0.25, 0.3) is 55.0 Å². The number of nitrogens with zero attached hydrogens (tertiary/aromatic N) is 2. The molecule has 11 rings (SSSR count). The number of hydrogen-bond acceptors (Lipinski definition) is 4. The van der Waals surface area contributed by atoms with Gasteiger partial charge in [0.2, 0.25) is 0 Å². The zero-order valence-electron chi connectivity index (χ0n) is 33.8. The second-order valence-electron chi connectivity index (χ2n) is 16.0. The first-order chi connectivity index (χ1) is 29.5. The van der Waals surface area contributed by atoms with E-state index in [9.17, 15) is 0 Å². The number of hydrogen-bond donors (Lipinski definition) is 0. The maximum atomic E-state index is 6.85. The third kappa shape index (κ3) is 5.66. The van der Waals surface area contributed by atoms with E-state index in [2.05, 4.69) is 224 Å². The number of furan rings is 1. The van der Waals surface area contributed by atoms with Crippen molar-refractivity contribution in [3.05, 3.63) is 211 Å². The van der Waals surface area contributed by atoms with E-state index in [1.807, 2.05) is 6.07 Å². The maximum Gasteiger partial charge on any atom is 0.159 e. The number of thioether (sulfide) groups is 1. The van der Waals surface area contributed by atoms with Gasteiger partial charge in [-0.25, -0.2) is 0 Å². The fourth-order valence-electron chi connectivity index (χ4n) is 9.65. The Hall–Kier alpha value is -7.01. The lowest BCUT2D eigenvalue weighted by Gasteiger charge is -2.34. The lowest BCUT2D eigenvalue weighted by atomic mass is 9.80. The number of para-hydroxylation sites is 4. The van der Waals surface area contributed by atoms with E-state index in [0.717, 1.165) is 56.1 Å². The van der Waals surface area contributed by atoms with Gasteiger partial charge in [-0.1, -0.05) is 159 Å². The van der Waals surface area contributed by atoms with Gasteiger partial charge in [-0.3, -0.25) is 0 Å². The number of benzene rings is 9. The molecule has 1 aromatic heterocycles. The predicted molar refractivity (Wildman–Crippen MR) is 255 cm³/mol. The number of anilines is 6. The van der Waals surface area contributed by atoms with Crippen LogP contribution in [0.4, 0.5) is 34.1 Å². The summed E-state index contributed by atoms with van der Waals surface area (Å²) in [5.41, 5.74) is 15.4. The molecular formula is C56H42N2OS. The Morgan fingerprint density at radius 2 is 1.08 bits per heavy atom. The summed E-state index contributed by atoms with van der Waals surface area (Å²) in [6.45, 7) is 4.79. The summed E-state index contributed by atoms with van der Waals surface area (Å²) in [5, 5.41) is 4.70. The molecule has 0 radical (unpaired) electrons. The molecule has 0 amide bonds. The van der Waals surface area contributed by atoms with E-state index in [0.29, 0.717) is 0 Å². The molecule has 10 aromatic rings. The molecule has 0 spiro atoms. The normalized spacial score (nSPS) is 12.8. The fraction of sp³-hybridized carbons (Fsp3) is 0.0714. The van der Waals surface area contributed by atoms with Gasteiger partial charge in [0.1, 0.15) is 5.58 Å². The summed E-state index contributed by atoms with van der Waals surface area (Å²) in [4.78, 5) is 6.12. The highest BCUT2D eigenvalue weighted by Gasteiger charge is 2.41. The minimum atomic E-state index is -0.341. The molecule has 1 aliphatic rings. The Labute approximate surface area is 355 Å². The van der Waals surface area contributed by atoms with Crippen LogP contribution in [0.3, 0.4) is 0 Å². The first-order valence-corrected chi connectivity index (χ1v) is 21.8. The Morgan fingerprint density at radius 3 is 1.83 bits per heavy atom. The van der Waals surface area contributed by atoms with Gasteiger partial charge in [0.25, 0.3) is 0 Å². The highest BCUT2D eigenvalue weighted by atomic mass is 32.2. The van der Waals surface area contributed by atoms with Crippen molar-refractivity contribution < 1.29 is 4.42 Å². The van der Waals surface area contributed by atoms with Crippen LogP contribution < -0.4 is 9.80 Å². The molecule has 0 atom stereocenters. The van der Waals surface area contributed by atoms with Crippen LogP contribution in [-0.2, 0) is 5.41 Å². The Bertz CT molecular complexity index is 3230. The van der Waals surface area contributed by atoms with Gasteiger partial charge < -0.3 is 14.2 Å². The van der Waals surface area contributed by atoms with Gasteiger partial charge in [0.05, 0.1) is 17.1 Å². The molecule has 0 unspecified atom stereocenters. The van der Waals surface area contributed by atoms with E-state index >= 15 is 0 Å². The molecule has 0 N–H and O–H groups in total. The molecule has 0 saturated carbocycles. The topological polar surface area (TPSA) is 19.6 Å². The van der Waals surface area contributed by atoms with Crippen LogP contribution >= 0.6 is 11.8 Å². The van der Waals surface area contributed by atoms with Gasteiger partial charge in [-0.2, -0.15) is 0 Å². The Balaban J connectivity index is 1.27. The van der Waals surface area contributed by atoms with Crippen molar-refractivity contribution in [3.63, 3.8) is 0 Å². The average Bonchev–Trinajstić information content (AvgIpc) is 3.80. The minimum Gasteiger partial charge on any atom is -0.454 e. The molecule has 1 aliphatic carbocycles. The van der Waals surface area contributed by atoms with Crippen LogP contribution in [-0.4, -0.2) is 6.26 Å². The summed E-state index contributed by atoms with van der Waals surface area (Å²) in [6.07, 6.45) is 2.19. The van der Waals surface area contributed by atoms with Crippen LogP contribution in [0.5, 0.6) is 0 Å². The van der Waals surface area contributed by atoms with Crippen LogP contribution in [0.1, 0.15) is 25.0 Å². The highest BCUT2D eigenvalue weighted by Crippen LogP contribution is 2.59. The summed E-state index contributed by atoms with van der Waals surface area (Å²) in [6, 6.07) is 72.4. The second kappa shape index (κ2) is 14.4. The molecule has 3 nitrogen and oxygen atoms in total. The third-order valence-electron chi connectivity index (χ3n) is 12.3. The molecule has 288 valence electrons. The number of fused-ring (bicyclic) bond motifs is 8. The van der Waals surface area contributed by atoms with Gasteiger partial charge in [-0.15, -0.1) is 11.8 Å². The molecule has 1 heterocycles. The zero-order chi connectivity index (χ0) is 40.4. The average molecular weight is 791 g/mol. The smallest absolute Gasteiger partial charge is 0.159 e.